The molecule has 5 nitrogen and oxygen atoms in total. The van der Waals surface area contributed by atoms with E-state index in [1.807, 2.05) is 56.3 Å². The van der Waals surface area contributed by atoms with Crippen LogP contribution in [-0.4, -0.2) is 26.3 Å². The third-order valence-corrected chi connectivity index (χ3v) is 6.37. The van der Waals surface area contributed by atoms with Gasteiger partial charge in [0.2, 0.25) is 0 Å². The first-order valence-electron chi connectivity index (χ1n) is 9.30. The van der Waals surface area contributed by atoms with Crippen LogP contribution in [0.3, 0.4) is 0 Å². The Balaban J connectivity index is 1.77. The van der Waals surface area contributed by atoms with Crippen LogP contribution in [0.15, 0.2) is 83.8 Å². The average molecular weight is 409 g/mol. The molecule has 0 spiro atoms. The number of amides is 1. The first-order chi connectivity index (χ1) is 13.8. The molecule has 29 heavy (non-hydrogen) atoms. The highest BCUT2D eigenvalue weighted by Gasteiger charge is 2.20. The summed E-state index contributed by atoms with van der Waals surface area (Å²) in [5, 5.41) is 0. The number of sulfonamides is 1. The number of nitrogens with one attached hydrogen (secondary N) is 1. The van der Waals surface area contributed by atoms with Crippen molar-refractivity contribution in [1.82, 2.24) is 4.90 Å². The average Bonchev–Trinajstić information content (AvgIpc) is 2.74. The number of carbonyl (C=O) groups is 1. The largest absolute Gasteiger partial charge is 0.335 e. The maximum Gasteiger partial charge on any atom is 0.261 e. The van der Waals surface area contributed by atoms with E-state index >= 15 is 0 Å². The zero-order valence-corrected chi connectivity index (χ0v) is 17.5. The zero-order chi connectivity index (χ0) is 21.0. The summed E-state index contributed by atoms with van der Waals surface area (Å²) in [6, 6.07) is 22.8. The summed E-state index contributed by atoms with van der Waals surface area (Å²) < 4.78 is 27.9. The summed E-state index contributed by atoms with van der Waals surface area (Å²) in [5.74, 6) is -0.169. The molecule has 3 aromatic rings. The molecule has 1 amide bonds. The highest BCUT2D eigenvalue weighted by Crippen LogP contribution is 2.22. The van der Waals surface area contributed by atoms with Crippen LogP contribution >= 0.6 is 0 Å². The van der Waals surface area contributed by atoms with Crippen molar-refractivity contribution in [2.45, 2.75) is 24.8 Å². The number of anilines is 1. The molecule has 0 radical (unpaired) electrons. The van der Waals surface area contributed by atoms with E-state index in [-0.39, 0.29) is 16.8 Å². The molecular formula is C23H24N2O3S. The third kappa shape index (κ3) is 4.66. The van der Waals surface area contributed by atoms with Crippen LogP contribution in [0.5, 0.6) is 0 Å². The number of carbonyl (C=O) groups excluding carboxylic acids is 1. The van der Waals surface area contributed by atoms with E-state index in [9.17, 15) is 13.2 Å². The maximum atomic E-state index is 12.8. The number of hydrogen-bond acceptors (Lipinski definition) is 3. The minimum atomic E-state index is -3.73. The van der Waals surface area contributed by atoms with E-state index < -0.39 is 10.0 Å². The predicted molar refractivity (Wildman–Crippen MR) is 115 cm³/mol. The molecular weight excluding hydrogens is 384 g/mol. The number of nitrogens with zero attached hydrogens (tertiary/aromatic N) is 1. The molecule has 1 atom stereocenters. The second-order valence-corrected chi connectivity index (χ2v) is 8.63. The Kier molecular flexibility index (Phi) is 6.03. The van der Waals surface area contributed by atoms with E-state index in [1.54, 1.807) is 36.2 Å². The number of hydrogen-bond donors (Lipinski definition) is 1. The number of aryl methyl sites for hydroxylation is 1. The Labute approximate surface area is 172 Å². The fraction of sp³-hybridized carbons (Fsp3) is 0.174. The quantitative estimate of drug-likeness (QED) is 0.647. The van der Waals surface area contributed by atoms with Crippen LogP contribution in [-0.2, 0) is 10.0 Å². The first-order valence-corrected chi connectivity index (χ1v) is 10.8. The van der Waals surface area contributed by atoms with Gasteiger partial charge < -0.3 is 4.90 Å². The van der Waals surface area contributed by atoms with Crippen molar-refractivity contribution in [2.24, 2.45) is 0 Å². The van der Waals surface area contributed by atoms with Crippen molar-refractivity contribution in [1.29, 1.82) is 0 Å². The zero-order valence-electron chi connectivity index (χ0n) is 16.7. The Bertz CT molecular complexity index is 1090. The van der Waals surface area contributed by atoms with Gasteiger partial charge in [0.1, 0.15) is 0 Å². The van der Waals surface area contributed by atoms with Crippen LogP contribution in [0.4, 0.5) is 5.69 Å². The highest BCUT2D eigenvalue weighted by molar-refractivity contribution is 7.92. The van der Waals surface area contributed by atoms with Gasteiger partial charge in [-0.2, -0.15) is 0 Å². The minimum Gasteiger partial charge on any atom is -0.335 e. The number of benzene rings is 3. The summed E-state index contributed by atoms with van der Waals surface area (Å²) in [6.45, 7) is 3.79. The van der Waals surface area contributed by atoms with E-state index in [0.717, 1.165) is 11.1 Å². The van der Waals surface area contributed by atoms with Gasteiger partial charge in [-0.1, -0.05) is 48.5 Å². The lowest BCUT2D eigenvalue weighted by Crippen LogP contribution is -2.29. The molecule has 0 aromatic heterocycles. The molecule has 0 saturated carbocycles. The van der Waals surface area contributed by atoms with E-state index in [1.165, 1.54) is 12.1 Å². The molecule has 0 aliphatic rings. The van der Waals surface area contributed by atoms with E-state index in [4.69, 9.17) is 0 Å². The third-order valence-electron chi connectivity index (χ3n) is 4.98. The molecule has 0 saturated heterocycles. The molecule has 0 fully saturated rings. The second-order valence-electron chi connectivity index (χ2n) is 6.95. The predicted octanol–water partition coefficient (Wildman–Crippen LogP) is 4.63. The summed E-state index contributed by atoms with van der Waals surface area (Å²) in [7, 11) is -1.99. The minimum absolute atomic E-state index is 0.102. The van der Waals surface area contributed by atoms with E-state index in [0.29, 0.717) is 11.3 Å². The fourth-order valence-electron chi connectivity index (χ4n) is 3.00. The molecule has 150 valence electrons. The Morgan fingerprint density at radius 3 is 2.10 bits per heavy atom. The second kappa shape index (κ2) is 8.49. The number of para-hydroxylation sites is 1. The first kappa shape index (κ1) is 20.6. The van der Waals surface area contributed by atoms with Gasteiger partial charge in [-0.3, -0.25) is 9.52 Å². The topological polar surface area (TPSA) is 66.5 Å². The summed E-state index contributed by atoms with van der Waals surface area (Å²) in [5.41, 5.74) is 2.83. The van der Waals surface area contributed by atoms with Crippen LogP contribution in [0.2, 0.25) is 0 Å². The van der Waals surface area contributed by atoms with Crippen molar-refractivity contribution in [3.8, 4) is 0 Å². The van der Waals surface area contributed by atoms with Crippen molar-refractivity contribution >= 4 is 21.6 Å². The van der Waals surface area contributed by atoms with Crippen molar-refractivity contribution in [3.05, 3.63) is 95.6 Å². The summed E-state index contributed by atoms with van der Waals surface area (Å²) in [6.07, 6.45) is 0. The molecule has 1 N–H and O–H groups in total. The van der Waals surface area contributed by atoms with Gasteiger partial charge in [0, 0.05) is 12.6 Å². The molecule has 6 heteroatoms. The Morgan fingerprint density at radius 1 is 0.897 bits per heavy atom. The highest BCUT2D eigenvalue weighted by atomic mass is 32.2. The van der Waals surface area contributed by atoms with Gasteiger partial charge in [-0.05, 0) is 55.3 Å². The lowest BCUT2D eigenvalue weighted by Gasteiger charge is -2.25. The monoisotopic (exact) mass is 408 g/mol. The van der Waals surface area contributed by atoms with Gasteiger partial charge >= 0.3 is 0 Å². The summed E-state index contributed by atoms with van der Waals surface area (Å²) >= 11 is 0. The van der Waals surface area contributed by atoms with Crippen molar-refractivity contribution in [2.75, 3.05) is 11.8 Å². The molecule has 0 bridgehead atoms. The lowest BCUT2D eigenvalue weighted by molar-refractivity contribution is 0.0742. The maximum absolute atomic E-state index is 12.8. The van der Waals surface area contributed by atoms with Gasteiger partial charge in [0.25, 0.3) is 15.9 Å². The Hall–Kier alpha value is -3.12. The summed E-state index contributed by atoms with van der Waals surface area (Å²) in [4.78, 5) is 14.6. The van der Waals surface area contributed by atoms with Crippen LogP contribution in [0, 0.1) is 6.92 Å². The van der Waals surface area contributed by atoms with Crippen LogP contribution in [0.1, 0.15) is 34.5 Å². The smallest absolute Gasteiger partial charge is 0.261 e. The van der Waals surface area contributed by atoms with Crippen molar-refractivity contribution < 1.29 is 13.2 Å². The SMILES string of the molecule is Cc1ccccc1NS(=O)(=O)c1ccc(C(=O)N(C)[C@H](C)c2ccccc2)cc1. The standard InChI is InChI=1S/C23H24N2O3S/c1-17-9-7-8-12-22(17)24-29(27,28)21-15-13-20(14-16-21)23(26)25(3)18(2)19-10-5-4-6-11-19/h4-16,18,24H,1-3H3/t18-/m1/s1. The van der Waals surface area contributed by atoms with Crippen LogP contribution < -0.4 is 4.72 Å². The van der Waals surface area contributed by atoms with Gasteiger partial charge in [-0.25, -0.2) is 8.42 Å². The van der Waals surface area contributed by atoms with Gasteiger partial charge in [-0.15, -0.1) is 0 Å². The van der Waals surface area contributed by atoms with Crippen molar-refractivity contribution in [3.63, 3.8) is 0 Å². The van der Waals surface area contributed by atoms with Gasteiger partial charge in [0.15, 0.2) is 0 Å². The normalized spacial score (nSPS) is 12.2. The number of rotatable bonds is 6. The van der Waals surface area contributed by atoms with Crippen LogP contribution in [0.25, 0.3) is 0 Å². The molecule has 0 unspecified atom stereocenters. The molecule has 0 aliphatic heterocycles. The fourth-order valence-corrected chi connectivity index (χ4v) is 4.13. The lowest BCUT2D eigenvalue weighted by atomic mass is 10.1. The molecule has 0 heterocycles. The van der Waals surface area contributed by atoms with Gasteiger partial charge in [0.05, 0.1) is 16.6 Å². The molecule has 3 aromatic carbocycles. The molecule has 3 rings (SSSR count). The molecule has 0 aliphatic carbocycles. The Morgan fingerprint density at radius 2 is 1.48 bits per heavy atom. The van der Waals surface area contributed by atoms with E-state index in [2.05, 4.69) is 4.72 Å².